The molecule has 0 spiro atoms. The number of rotatable bonds is 8. The topological polar surface area (TPSA) is 68.0 Å². The number of aliphatic carboxylic acids is 1. The van der Waals surface area contributed by atoms with Crippen LogP contribution in [0.5, 0.6) is 0 Å². The average molecular weight is 418 g/mol. The van der Waals surface area contributed by atoms with Gasteiger partial charge in [-0.2, -0.15) is 0 Å². The number of carboxylic acid groups (broad SMARTS) is 1. The molecular weight excluding hydrogens is 394 g/mol. The third kappa shape index (κ3) is 3.79. The Bertz CT molecular complexity index is 1230. The maximum atomic E-state index is 10.8. The maximum Gasteiger partial charge on any atom is 0.303 e. The molecule has 0 radical (unpaired) electrons. The second-order valence-corrected chi connectivity index (χ2v) is 8.87. The first-order valence-electron chi connectivity index (χ1n) is 10.4. The number of hydrogen-bond acceptors (Lipinski definition) is 4. The van der Waals surface area contributed by atoms with E-state index in [1.165, 1.54) is 34.7 Å². The minimum atomic E-state index is -0.756. The molecule has 1 N–H and O–H groups in total. The van der Waals surface area contributed by atoms with Gasteiger partial charge in [-0.25, -0.2) is 9.97 Å². The van der Waals surface area contributed by atoms with E-state index in [0.717, 1.165) is 28.6 Å². The van der Waals surface area contributed by atoms with Crippen molar-refractivity contribution >= 4 is 39.7 Å². The fraction of sp³-hybridized carbons (Fsp3) is 0.292. The SMILES string of the molecule is O=C(O)CCCSc1nc2ncccc2n1Cc1ccc(C2CC2)c2ccccc12. The first kappa shape index (κ1) is 19.1. The second kappa shape index (κ2) is 8.11. The third-order valence-electron chi connectivity index (χ3n) is 5.65. The summed E-state index contributed by atoms with van der Waals surface area (Å²) in [7, 11) is 0. The molecule has 2 aromatic heterocycles. The van der Waals surface area contributed by atoms with Crippen LogP contribution in [0.3, 0.4) is 0 Å². The molecule has 1 aliphatic rings. The smallest absolute Gasteiger partial charge is 0.303 e. The molecule has 0 unspecified atom stereocenters. The van der Waals surface area contributed by atoms with Gasteiger partial charge < -0.3 is 9.67 Å². The van der Waals surface area contributed by atoms with E-state index in [1.807, 2.05) is 6.07 Å². The summed E-state index contributed by atoms with van der Waals surface area (Å²) >= 11 is 1.61. The summed E-state index contributed by atoms with van der Waals surface area (Å²) < 4.78 is 2.21. The number of imidazole rings is 1. The van der Waals surface area contributed by atoms with Crippen LogP contribution in [0.2, 0.25) is 0 Å². The zero-order chi connectivity index (χ0) is 20.5. The van der Waals surface area contributed by atoms with Crippen molar-refractivity contribution in [3.05, 3.63) is 65.9 Å². The summed E-state index contributed by atoms with van der Waals surface area (Å²) in [5, 5.41) is 12.5. The molecule has 152 valence electrons. The van der Waals surface area contributed by atoms with Crippen molar-refractivity contribution in [2.24, 2.45) is 0 Å². The maximum absolute atomic E-state index is 10.8. The molecule has 0 atom stereocenters. The van der Waals surface area contributed by atoms with Crippen LogP contribution in [-0.4, -0.2) is 31.4 Å². The lowest BCUT2D eigenvalue weighted by atomic mass is 9.97. The van der Waals surface area contributed by atoms with Crippen molar-refractivity contribution in [3.8, 4) is 0 Å². The number of pyridine rings is 1. The van der Waals surface area contributed by atoms with Gasteiger partial charge >= 0.3 is 5.97 Å². The standard InChI is InChI=1S/C24H23N3O2S/c28-22(29)8-4-14-30-24-26-23-21(7-3-13-25-23)27(24)15-17-11-12-19(16-9-10-16)20-6-2-1-5-18(17)20/h1-3,5-7,11-13,16H,4,8-10,14-15H2,(H,28,29). The van der Waals surface area contributed by atoms with E-state index in [4.69, 9.17) is 10.1 Å². The molecule has 4 aromatic rings. The fourth-order valence-electron chi connectivity index (χ4n) is 4.03. The third-order valence-corrected chi connectivity index (χ3v) is 6.71. The van der Waals surface area contributed by atoms with E-state index in [0.29, 0.717) is 12.3 Å². The Kier molecular flexibility index (Phi) is 5.17. The Morgan fingerprint density at radius 2 is 1.93 bits per heavy atom. The van der Waals surface area contributed by atoms with Crippen LogP contribution in [0.4, 0.5) is 0 Å². The minimum absolute atomic E-state index is 0.179. The number of fused-ring (bicyclic) bond motifs is 2. The number of benzene rings is 2. The van der Waals surface area contributed by atoms with E-state index in [9.17, 15) is 4.79 Å². The van der Waals surface area contributed by atoms with E-state index in [1.54, 1.807) is 18.0 Å². The number of carbonyl (C=O) groups is 1. The fourth-order valence-corrected chi connectivity index (χ4v) is 4.97. The van der Waals surface area contributed by atoms with Crippen molar-refractivity contribution in [3.63, 3.8) is 0 Å². The molecule has 0 aliphatic heterocycles. The molecule has 5 rings (SSSR count). The van der Waals surface area contributed by atoms with Crippen LogP contribution in [0.1, 0.15) is 42.7 Å². The second-order valence-electron chi connectivity index (χ2n) is 7.81. The number of aromatic nitrogens is 3. The van der Waals surface area contributed by atoms with Gasteiger partial charge in [0, 0.05) is 18.4 Å². The Labute approximate surface area is 179 Å². The largest absolute Gasteiger partial charge is 0.481 e. The van der Waals surface area contributed by atoms with E-state index >= 15 is 0 Å². The lowest BCUT2D eigenvalue weighted by molar-refractivity contribution is -0.137. The van der Waals surface area contributed by atoms with Gasteiger partial charge in [0.2, 0.25) is 0 Å². The Balaban J connectivity index is 1.51. The van der Waals surface area contributed by atoms with Crippen LogP contribution in [0.25, 0.3) is 21.9 Å². The zero-order valence-corrected chi connectivity index (χ0v) is 17.4. The highest BCUT2D eigenvalue weighted by atomic mass is 32.2. The molecule has 2 heterocycles. The molecule has 1 fully saturated rings. The molecule has 2 aromatic carbocycles. The monoisotopic (exact) mass is 417 g/mol. The van der Waals surface area contributed by atoms with Gasteiger partial charge in [-0.3, -0.25) is 4.79 Å². The molecular formula is C24H23N3O2S. The van der Waals surface area contributed by atoms with Crippen molar-refractivity contribution in [1.82, 2.24) is 14.5 Å². The van der Waals surface area contributed by atoms with E-state index in [-0.39, 0.29) is 6.42 Å². The van der Waals surface area contributed by atoms with Crippen LogP contribution in [0, 0.1) is 0 Å². The Hall–Kier alpha value is -2.86. The predicted molar refractivity (Wildman–Crippen MR) is 120 cm³/mol. The van der Waals surface area contributed by atoms with Crippen molar-refractivity contribution in [2.45, 2.75) is 43.3 Å². The van der Waals surface area contributed by atoms with Gasteiger partial charge in [0.1, 0.15) is 0 Å². The first-order valence-corrected chi connectivity index (χ1v) is 11.4. The summed E-state index contributed by atoms with van der Waals surface area (Å²) in [5.41, 5.74) is 4.48. The van der Waals surface area contributed by atoms with Gasteiger partial charge in [0.05, 0.1) is 12.1 Å². The molecule has 6 heteroatoms. The van der Waals surface area contributed by atoms with E-state index < -0.39 is 5.97 Å². The molecule has 0 bridgehead atoms. The zero-order valence-electron chi connectivity index (χ0n) is 16.6. The van der Waals surface area contributed by atoms with Crippen LogP contribution in [0.15, 0.2) is 59.9 Å². The molecule has 1 saturated carbocycles. The van der Waals surface area contributed by atoms with Gasteiger partial charge in [-0.15, -0.1) is 0 Å². The molecule has 5 nitrogen and oxygen atoms in total. The van der Waals surface area contributed by atoms with E-state index in [2.05, 4.69) is 52.0 Å². The van der Waals surface area contributed by atoms with Crippen molar-refractivity contribution < 1.29 is 9.90 Å². The highest BCUT2D eigenvalue weighted by Gasteiger charge is 2.25. The van der Waals surface area contributed by atoms with Gasteiger partial charge in [0.25, 0.3) is 0 Å². The Morgan fingerprint density at radius 3 is 2.73 bits per heavy atom. The Morgan fingerprint density at radius 1 is 1.10 bits per heavy atom. The summed E-state index contributed by atoms with van der Waals surface area (Å²) in [5.74, 6) is 0.673. The molecule has 0 amide bonds. The number of hydrogen-bond donors (Lipinski definition) is 1. The normalized spacial score (nSPS) is 13.9. The summed E-state index contributed by atoms with van der Waals surface area (Å²) in [4.78, 5) is 20.0. The lowest BCUT2D eigenvalue weighted by Gasteiger charge is -2.14. The van der Waals surface area contributed by atoms with Crippen LogP contribution >= 0.6 is 11.8 Å². The summed E-state index contributed by atoms with van der Waals surface area (Å²) in [6.07, 6.45) is 5.14. The van der Waals surface area contributed by atoms with Gasteiger partial charge in [-0.05, 0) is 59.2 Å². The summed E-state index contributed by atoms with van der Waals surface area (Å²) in [6.45, 7) is 0.717. The van der Waals surface area contributed by atoms with Crippen molar-refractivity contribution in [2.75, 3.05) is 5.75 Å². The highest BCUT2D eigenvalue weighted by Crippen LogP contribution is 2.43. The number of nitrogens with zero attached hydrogens (tertiary/aromatic N) is 3. The average Bonchev–Trinajstić information content (AvgIpc) is 3.54. The van der Waals surface area contributed by atoms with Crippen molar-refractivity contribution in [1.29, 1.82) is 0 Å². The quantitative estimate of drug-likeness (QED) is 0.304. The predicted octanol–water partition coefficient (Wildman–Crippen LogP) is 5.47. The van der Waals surface area contributed by atoms with Gasteiger partial charge in [0.15, 0.2) is 10.8 Å². The van der Waals surface area contributed by atoms with Gasteiger partial charge in [-0.1, -0.05) is 48.2 Å². The highest BCUT2D eigenvalue weighted by molar-refractivity contribution is 7.99. The summed E-state index contributed by atoms with van der Waals surface area (Å²) in [6, 6.07) is 17.2. The van der Waals surface area contributed by atoms with Crippen LogP contribution < -0.4 is 0 Å². The molecule has 30 heavy (non-hydrogen) atoms. The number of thioether (sulfide) groups is 1. The molecule has 0 saturated heterocycles. The lowest BCUT2D eigenvalue weighted by Crippen LogP contribution is -2.03. The first-order chi connectivity index (χ1) is 14.7. The number of carboxylic acids is 1. The minimum Gasteiger partial charge on any atom is -0.481 e. The van der Waals surface area contributed by atoms with Crippen LogP contribution in [-0.2, 0) is 11.3 Å². The molecule has 1 aliphatic carbocycles.